The van der Waals surface area contributed by atoms with E-state index in [2.05, 4.69) is 7.05 Å². The van der Waals surface area contributed by atoms with Crippen LogP contribution in [0, 0.1) is 0 Å². The maximum absolute atomic E-state index is 12.3. The first kappa shape index (κ1) is 18.7. The Morgan fingerprint density at radius 1 is 1.04 bits per heavy atom. The number of hydrogen-bond acceptors (Lipinski definition) is 4. The smallest absolute Gasteiger partial charge is 0.160 e. The van der Waals surface area contributed by atoms with Crippen molar-refractivity contribution in [2.24, 2.45) is 0 Å². The van der Waals surface area contributed by atoms with Gasteiger partial charge in [0.2, 0.25) is 0 Å². The number of phenols is 1. The van der Waals surface area contributed by atoms with Gasteiger partial charge in [0.15, 0.2) is 11.5 Å². The van der Waals surface area contributed by atoms with Crippen LogP contribution in [0.25, 0.3) is 0 Å². The molecule has 0 radical (unpaired) electrons. The van der Waals surface area contributed by atoms with Gasteiger partial charge in [0, 0.05) is 24.0 Å². The monoisotopic (exact) mass is 377 g/mol. The first-order valence-electron chi connectivity index (χ1n) is 8.56. The third-order valence-electron chi connectivity index (χ3n) is 5.87. The zero-order valence-corrected chi connectivity index (χ0v) is 16.1. The van der Waals surface area contributed by atoms with Crippen LogP contribution in [0.3, 0.4) is 0 Å². The number of benzene rings is 2. The van der Waals surface area contributed by atoms with E-state index in [0.717, 1.165) is 41.5 Å². The van der Waals surface area contributed by atoms with E-state index < -0.39 is 0 Å². The van der Waals surface area contributed by atoms with Crippen LogP contribution in [0.5, 0.6) is 23.0 Å². The SMILES string of the molecule is COc1cc2c(cc1[O-])C1Cc3cc(O)c(OC)cc3C[N+]1(C)CC2.Cl. The Bertz CT molecular complexity index is 854. The van der Waals surface area contributed by atoms with Gasteiger partial charge in [-0.15, -0.1) is 12.4 Å². The van der Waals surface area contributed by atoms with E-state index in [1.165, 1.54) is 11.1 Å². The Balaban J connectivity index is 0.00000196. The summed E-state index contributed by atoms with van der Waals surface area (Å²) in [4.78, 5) is 0. The molecule has 2 aliphatic rings. The number of aromatic hydroxyl groups is 1. The molecule has 2 atom stereocenters. The molecule has 140 valence electrons. The zero-order chi connectivity index (χ0) is 17.8. The summed E-state index contributed by atoms with van der Waals surface area (Å²) < 4.78 is 11.3. The average Bonchev–Trinajstić information content (AvgIpc) is 2.59. The fourth-order valence-electron chi connectivity index (χ4n) is 4.44. The lowest BCUT2D eigenvalue weighted by molar-refractivity contribution is -0.956. The Kier molecular flexibility index (Phi) is 4.71. The number of ether oxygens (including phenoxy) is 2. The van der Waals surface area contributed by atoms with E-state index in [1.807, 2.05) is 18.2 Å². The van der Waals surface area contributed by atoms with Crippen LogP contribution in [-0.2, 0) is 19.4 Å². The van der Waals surface area contributed by atoms with E-state index >= 15 is 0 Å². The van der Waals surface area contributed by atoms with Gasteiger partial charge in [-0.3, -0.25) is 0 Å². The highest BCUT2D eigenvalue weighted by Crippen LogP contribution is 2.46. The van der Waals surface area contributed by atoms with Gasteiger partial charge in [-0.2, -0.15) is 0 Å². The van der Waals surface area contributed by atoms with Crippen LogP contribution < -0.4 is 14.6 Å². The molecule has 4 rings (SSSR count). The lowest BCUT2D eigenvalue weighted by atomic mass is 9.81. The molecule has 26 heavy (non-hydrogen) atoms. The number of fused-ring (bicyclic) bond motifs is 4. The van der Waals surface area contributed by atoms with Gasteiger partial charge in [-0.05, 0) is 29.3 Å². The maximum atomic E-state index is 12.3. The predicted molar refractivity (Wildman–Crippen MR) is 99.3 cm³/mol. The van der Waals surface area contributed by atoms with Gasteiger partial charge in [-0.1, -0.05) is 11.8 Å². The highest BCUT2D eigenvalue weighted by molar-refractivity contribution is 5.85. The lowest BCUT2D eigenvalue weighted by Gasteiger charge is -2.49. The molecule has 0 saturated carbocycles. The van der Waals surface area contributed by atoms with E-state index in [1.54, 1.807) is 20.3 Å². The molecule has 2 aliphatic heterocycles. The molecule has 0 aromatic heterocycles. The van der Waals surface area contributed by atoms with Gasteiger partial charge in [0.1, 0.15) is 18.3 Å². The van der Waals surface area contributed by atoms with Crippen molar-refractivity contribution in [2.45, 2.75) is 25.4 Å². The van der Waals surface area contributed by atoms with Crippen molar-refractivity contribution in [3.05, 3.63) is 46.5 Å². The van der Waals surface area contributed by atoms with Gasteiger partial charge in [0.05, 0.1) is 27.8 Å². The Morgan fingerprint density at radius 3 is 2.42 bits per heavy atom. The normalized spacial score (nSPS) is 23.1. The second-order valence-electron chi connectivity index (χ2n) is 7.33. The number of methoxy groups -OCH3 is 2. The topological polar surface area (TPSA) is 61.8 Å². The fraction of sp³-hybridized carbons (Fsp3) is 0.400. The summed E-state index contributed by atoms with van der Waals surface area (Å²) in [5.74, 6) is 1.06. The first-order chi connectivity index (χ1) is 11.9. The van der Waals surface area contributed by atoms with Crippen molar-refractivity contribution in [2.75, 3.05) is 27.8 Å². The largest absolute Gasteiger partial charge is 0.870 e. The Labute approximate surface area is 159 Å². The van der Waals surface area contributed by atoms with Crippen LogP contribution in [0.2, 0.25) is 0 Å². The third-order valence-corrected chi connectivity index (χ3v) is 5.87. The van der Waals surface area contributed by atoms with Crippen LogP contribution >= 0.6 is 12.4 Å². The number of halogens is 1. The number of nitrogens with zero attached hydrogens (tertiary/aromatic N) is 1. The van der Waals surface area contributed by atoms with Crippen LogP contribution in [-0.4, -0.2) is 37.4 Å². The number of phenolic OH excluding ortho intramolecular Hbond substituents is 1. The van der Waals surface area contributed by atoms with Crippen molar-refractivity contribution >= 4 is 12.4 Å². The van der Waals surface area contributed by atoms with Crippen LogP contribution in [0.4, 0.5) is 0 Å². The summed E-state index contributed by atoms with van der Waals surface area (Å²) in [5, 5.41) is 22.4. The fourth-order valence-corrected chi connectivity index (χ4v) is 4.44. The molecule has 6 heteroatoms. The van der Waals surface area contributed by atoms with Gasteiger partial charge >= 0.3 is 0 Å². The minimum Gasteiger partial charge on any atom is -0.870 e. The molecule has 5 nitrogen and oxygen atoms in total. The van der Waals surface area contributed by atoms with Gasteiger partial charge < -0.3 is 24.2 Å². The van der Waals surface area contributed by atoms with Crippen LogP contribution in [0.15, 0.2) is 24.3 Å². The minimum atomic E-state index is -0.0573. The summed E-state index contributed by atoms with van der Waals surface area (Å²) in [5.41, 5.74) is 4.68. The van der Waals surface area contributed by atoms with Crippen molar-refractivity contribution < 1.29 is 24.2 Å². The molecule has 2 unspecified atom stereocenters. The van der Waals surface area contributed by atoms with Gasteiger partial charge in [0.25, 0.3) is 0 Å². The summed E-state index contributed by atoms with van der Waals surface area (Å²) in [6, 6.07) is 7.65. The van der Waals surface area contributed by atoms with Crippen molar-refractivity contribution in [3.63, 3.8) is 0 Å². The number of likely N-dealkylation sites (N-methyl/N-ethyl adjacent to an activating group) is 1. The quantitative estimate of drug-likeness (QED) is 0.817. The summed E-state index contributed by atoms with van der Waals surface area (Å²) >= 11 is 0. The molecule has 2 aromatic rings. The molecule has 2 heterocycles. The number of quaternary nitrogens is 1. The Hall–Kier alpha value is -2.11. The van der Waals surface area contributed by atoms with Crippen molar-refractivity contribution in [3.8, 4) is 23.0 Å². The molecule has 0 saturated heterocycles. The minimum absolute atomic E-state index is 0. The van der Waals surface area contributed by atoms with E-state index in [4.69, 9.17) is 9.47 Å². The predicted octanol–water partition coefficient (Wildman–Crippen LogP) is 2.70. The van der Waals surface area contributed by atoms with E-state index in [0.29, 0.717) is 11.5 Å². The summed E-state index contributed by atoms with van der Waals surface area (Å²) in [6.45, 7) is 1.89. The maximum Gasteiger partial charge on any atom is 0.160 e. The van der Waals surface area contributed by atoms with E-state index in [9.17, 15) is 10.2 Å². The molecular weight excluding hydrogens is 354 g/mol. The summed E-state index contributed by atoms with van der Waals surface area (Å²) in [7, 11) is 5.37. The molecule has 0 spiro atoms. The first-order valence-corrected chi connectivity index (χ1v) is 8.56. The van der Waals surface area contributed by atoms with Crippen molar-refractivity contribution in [1.82, 2.24) is 0 Å². The molecule has 0 aliphatic carbocycles. The second-order valence-corrected chi connectivity index (χ2v) is 7.33. The summed E-state index contributed by atoms with van der Waals surface area (Å²) in [6.07, 6.45) is 1.74. The average molecular weight is 378 g/mol. The zero-order valence-electron chi connectivity index (χ0n) is 15.2. The standard InChI is InChI=1S/C20H23NO4.ClH/c1-21-5-4-12-8-19(24-2)18(23)10-15(12)16(21)6-13-7-17(22)20(25-3)9-14(13)11-21;/h7-10,16H,4-6,11H2,1-3H3,(H-,22,23);1H. The molecular formula is C20H24ClNO4. The second kappa shape index (κ2) is 6.56. The molecule has 0 fully saturated rings. The Morgan fingerprint density at radius 2 is 1.73 bits per heavy atom. The van der Waals surface area contributed by atoms with Crippen LogP contribution in [0.1, 0.15) is 28.3 Å². The highest BCUT2D eigenvalue weighted by Gasteiger charge is 2.43. The number of hydrogen-bond donors (Lipinski definition) is 1. The molecule has 2 aromatic carbocycles. The van der Waals surface area contributed by atoms with Crippen molar-refractivity contribution in [1.29, 1.82) is 0 Å². The molecule has 0 amide bonds. The third kappa shape index (κ3) is 2.75. The van der Waals surface area contributed by atoms with Gasteiger partial charge in [-0.25, -0.2) is 0 Å². The molecule has 1 N–H and O–H groups in total. The van der Waals surface area contributed by atoms with E-state index in [-0.39, 0.29) is 29.9 Å². The highest BCUT2D eigenvalue weighted by atomic mass is 35.5. The lowest BCUT2D eigenvalue weighted by Crippen LogP contribution is -2.53. The molecule has 0 bridgehead atoms. The number of rotatable bonds is 2.